The fraction of sp³-hybridized carbons (Fsp3) is 0.0811. The van der Waals surface area contributed by atoms with E-state index in [0.29, 0.717) is 0 Å². The predicted molar refractivity (Wildman–Crippen MR) is 161 cm³/mol. The van der Waals surface area contributed by atoms with Gasteiger partial charge in [0, 0.05) is 13.0 Å². The minimum atomic E-state index is -0.703. The first-order chi connectivity index (χ1) is 20.6. The number of hydrogen-bond acceptors (Lipinski definition) is 2. The molecule has 42 heavy (non-hydrogen) atoms. The Morgan fingerprint density at radius 1 is 0.619 bits per heavy atom. The number of rotatable bonds is 1. The van der Waals surface area contributed by atoms with Gasteiger partial charge in [-0.05, 0) is 87.2 Å². The molecule has 0 radical (unpaired) electrons. The summed E-state index contributed by atoms with van der Waals surface area (Å²) < 4.78 is 20.2. The molecule has 3 aliphatic heterocycles. The van der Waals surface area contributed by atoms with Crippen LogP contribution in [-0.2, 0) is 5.66 Å². The van der Waals surface area contributed by atoms with Crippen LogP contribution in [0.2, 0.25) is 0 Å². The molecule has 7 aromatic rings. The van der Waals surface area contributed by atoms with Crippen molar-refractivity contribution >= 4 is 21.5 Å². The highest BCUT2D eigenvalue weighted by atomic mass is 16.5. The van der Waals surface area contributed by atoms with Gasteiger partial charge in [0.15, 0.2) is 23.1 Å². The SMILES string of the molecule is Cc1c(-c2ccc3cc4ccccc4cc3c2)c(C)[n+]2n1-c1cccc3c1C21c2c(cccc2Oc2cccc[n+]21)O3. The third-order valence-corrected chi connectivity index (χ3v) is 9.38. The first kappa shape index (κ1) is 22.3. The highest BCUT2D eigenvalue weighted by Crippen LogP contribution is 2.56. The van der Waals surface area contributed by atoms with E-state index in [9.17, 15) is 0 Å². The molecule has 1 unspecified atom stereocenters. The maximum Gasteiger partial charge on any atom is 0.452 e. The molecule has 1 spiro atoms. The summed E-state index contributed by atoms with van der Waals surface area (Å²) in [7, 11) is 0. The zero-order chi connectivity index (χ0) is 27.7. The van der Waals surface area contributed by atoms with Crippen molar-refractivity contribution in [1.29, 1.82) is 0 Å². The molecule has 0 saturated heterocycles. The lowest BCUT2D eigenvalue weighted by Gasteiger charge is -2.31. The van der Waals surface area contributed by atoms with E-state index in [1.54, 1.807) is 0 Å². The number of ether oxygens (including phenoxy) is 2. The van der Waals surface area contributed by atoms with Gasteiger partial charge in [-0.15, -0.1) is 4.68 Å². The lowest BCUT2D eigenvalue weighted by Crippen LogP contribution is -2.76. The summed E-state index contributed by atoms with van der Waals surface area (Å²) in [5.41, 5.74) is 7.40. The summed E-state index contributed by atoms with van der Waals surface area (Å²) in [5, 5.41) is 5.01. The van der Waals surface area contributed by atoms with Crippen LogP contribution < -0.4 is 18.7 Å². The molecule has 0 fully saturated rings. The number of pyridine rings is 1. The van der Waals surface area contributed by atoms with Gasteiger partial charge in [-0.1, -0.05) is 53.1 Å². The second-order valence-corrected chi connectivity index (χ2v) is 11.5. The molecule has 5 aromatic carbocycles. The maximum absolute atomic E-state index is 6.58. The van der Waals surface area contributed by atoms with Crippen molar-refractivity contribution < 1.29 is 18.7 Å². The topological polar surface area (TPSA) is 31.1 Å². The molecular weight excluding hydrogens is 518 g/mol. The molecule has 0 N–H and O–H groups in total. The quantitative estimate of drug-likeness (QED) is 0.159. The van der Waals surface area contributed by atoms with Crippen LogP contribution in [0.3, 0.4) is 0 Å². The van der Waals surface area contributed by atoms with E-state index in [1.165, 1.54) is 44.1 Å². The maximum atomic E-state index is 6.58. The zero-order valence-electron chi connectivity index (χ0n) is 23.1. The summed E-state index contributed by atoms with van der Waals surface area (Å²) >= 11 is 0. The molecule has 2 aromatic heterocycles. The number of fused-ring (bicyclic) bond motifs is 5. The van der Waals surface area contributed by atoms with Crippen molar-refractivity contribution in [3.05, 3.63) is 138 Å². The average Bonchev–Trinajstić information content (AvgIpc) is 3.47. The first-order valence-corrected chi connectivity index (χ1v) is 14.4. The van der Waals surface area contributed by atoms with Gasteiger partial charge in [0.2, 0.25) is 5.69 Å². The fourth-order valence-corrected chi connectivity index (χ4v) is 7.81. The van der Waals surface area contributed by atoms with Gasteiger partial charge in [-0.25, -0.2) is 0 Å². The van der Waals surface area contributed by atoms with Gasteiger partial charge in [0.1, 0.15) is 17.2 Å². The molecule has 0 bridgehead atoms. The third-order valence-electron chi connectivity index (χ3n) is 9.38. The van der Waals surface area contributed by atoms with Crippen molar-refractivity contribution in [2.75, 3.05) is 0 Å². The molecule has 10 rings (SSSR count). The van der Waals surface area contributed by atoms with Gasteiger partial charge in [-0.2, -0.15) is 0 Å². The van der Waals surface area contributed by atoms with Crippen molar-refractivity contribution in [3.8, 4) is 39.9 Å². The highest BCUT2D eigenvalue weighted by molar-refractivity contribution is 5.99. The van der Waals surface area contributed by atoms with Crippen LogP contribution in [0.25, 0.3) is 38.4 Å². The van der Waals surface area contributed by atoms with Crippen LogP contribution >= 0.6 is 0 Å². The van der Waals surface area contributed by atoms with Gasteiger partial charge in [0.05, 0.1) is 17.3 Å². The van der Waals surface area contributed by atoms with E-state index < -0.39 is 5.66 Å². The normalized spacial score (nSPS) is 16.8. The van der Waals surface area contributed by atoms with Crippen LogP contribution in [0.4, 0.5) is 0 Å². The minimum Gasteiger partial charge on any atom is -0.455 e. The smallest absolute Gasteiger partial charge is 0.452 e. The molecule has 198 valence electrons. The molecule has 0 amide bonds. The lowest BCUT2D eigenvalue weighted by molar-refractivity contribution is -0.999. The van der Waals surface area contributed by atoms with Crippen molar-refractivity contribution in [3.63, 3.8) is 0 Å². The first-order valence-electron chi connectivity index (χ1n) is 14.4. The summed E-state index contributed by atoms with van der Waals surface area (Å²) in [5.74, 6) is 3.30. The molecule has 0 aliphatic carbocycles. The van der Waals surface area contributed by atoms with Crippen molar-refractivity contribution in [1.82, 2.24) is 4.68 Å². The predicted octanol–water partition coefficient (Wildman–Crippen LogP) is 7.47. The van der Waals surface area contributed by atoms with Gasteiger partial charge < -0.3 is 9.47 Å². The van der Waals surface area contributed by atoms with E-state index in [0.717, 1.165) is 39.9 Å². The number of benzene rings is 5. The van der Waals surface area contributed by atoms with Crippen LogP contribution in [0.5, 0.6) is 23.1 Å². The standard InChI is InChI=1S/C37H25N3O2/c1-22-34(27-17-16-26-19-24-9-3-4-10-25(24)20-28(26)21-27)23(2)40-37-35-29(39(22)40)11-7-12-30(35)41-31-13-8-14-32(36(31)37)42-33-15-5-6-18-38(33)37/h3-21H,1-2H3/q+2. The van der Waals surface area contributed by atoms with Crippen molar-refractivity contribution in [2.24, 2.45) is 0 Å². The highest BCUT2D eigenvalue weighted by Gasteiger charge is 2.72. The van der Waals surface area contributed by atoms with Gasteiger partial charge >= 0.3 is 11.5 Å². The molecule has 5 heterocycles. The Labute approximate surface area is 242 Å². The van der Waals surface area contributed by atoms with Crippen LogP contribution in [0.15, 0.2) is 115 Å². The largest absolute Gasteiger partial charge is 0.455 e. The van der Waals surface area contributed by atoms with Crippen LogP contribution in [0.1, 0.15) is 22.5 Å². The third kappa shape index (κ3) is 2.47. The van der Waals surface area contributed by atoms with Crippen LogP contribution in [0, 0.1) is 13.8 Å². The zero-order valence-corrected chi connectivity index (χ0v) is 23.1. The van der Waals surface area contributed by atoms with E-state index >= 15 is 0 Å². The average molecular weight is 544 g/mol. The molecule has 3 aliphatic rings. The summed E-state index contributed by atoms with van der Waals surface area (Å²) in [6.45, 7) is 4.49. The Hall–Kier alpha value is -5.42. The van der Waals surface area contributed by atoms with Gasteiger partial charge in [0.25, 0.3) is 0 Å². The van der Waals surface area contributed by atoms with E-state index in [1.807, 2.05) is 18.2 Å². The summed E-state index contributed by atoms with van der Waals surface area (Å²) in [6.07, 6.45) is 2.13. The Kier molecular flexibility index (Phi) is 3.95. The Balaban J connectivity index is 1.33. The molecule has 5 heteroatoms. The van der Waals surface area contributed by atoms with Crippen molar-refractivity contribution in [2.45, 2.75) is 19.5 Å². The van der Waals surface area contributed by atoms with Gasteiger partial charge in [-0.3, -0.25) is 0 Å². The molecule has 1 atom stereocenters. The number of aromatic nitrogens is 3. The summed E-state index contributed by atoms with van der Waals surface area (Å²) in [4.78, 5) is 0. The van der Waals surface area contributed by atoms with E-state index in [2.05, 4.69) is 125 Å². The minimum absolute atomic E-state index is 0.703. The monoisotopic (exact) mass is 543 g/mol. The number of nitrogens with zero attached hydrogens (tertiary/aromatic N) is 3. The Morgan fingerprint density at radius 2 is 1.31 bits per heavy atom. The van der Waals surface area contributed by atoms with E-state index in [-0.39, 0.29) is 0 Å². The molecule has 0 saturated carbocycles. The fourth-order valence-electron chi connectivity index (χ4n) is 7.81. The lowest BCUT2D eigenvalue weighted by atomic mass is 9.85. The molecular formula is C37H25N3O2+2. The van der Waals surface area contributed by atoms with E-state index in [4.69, 9.17) is 9.47 Å². The summed E-state index contributed by atoms with van der Waals surface area (Å²) in [6, 6.07) is 38.7. The van der Waals surface area contributed by atoms with Crippen LogP contribution in [-0.4, -0.2) is 4.68 Å². The Morgan fingerprint density at radius 3 is 2.14 bits per heavy atom. The second-order valence-electron chi connectivity index (χ2n) is 11.5. The Bertz CT molecular complexity index is 2340. The number of hydrogen-bond donors (Lipinski definition) is 0. The molecule has 5 nitrogen and oxygen atoms in total. The second kappa shape index (κ2) is 7.45.